The van der Waals surface area contributed by atoms with Crippen molar-refractivity contribution < 1.29 is 0 Å². The van der Waals surface area contributed by atoms with Crippen molar-refractivity contribution in [2.75, 3.05) is 26.2 Å². The maximum absolute atomic E-state index is 2.63. The van der Waals surface area contributed by atoms with E-state index in [1.165, 1.54) is 43.7 Å². The van der Waals surface area contributed by atoms with Crippen molar-refractivity contribution >= 4 is 0 Å². The largest absolute Gasteiger partial charge is 0.298 e. The number of nitrogens with zero attached hydrogens (tertiary/aromatic N) is 2. The minimum absolute atomic E-state index is 0.531. The molecule has 0 aromatic heterocycles. The third kappa shape index (κ3) is 4.08. The second kappa shape index (κ2) is 7.42. The third-order valence-electron chi connectivity index (χ3n) is 5.20. The van der Waals surface area contributed by atoms with Crippen molar-refractivity contribution in [3.05, 3.63) is 35.4 Å². The van der Waals surface area contributed by atoms with Crippen LogP contribution in [0.5, 0.6) is 0 Å². The van der Waals surface area contributed by atoms with Crippen LogP contribution in [-0.4, -0.2) is 42.0 Å². The fourth-order valence-electron chi connectivity index (χ4n) is 3.21. The molecule has 0 bridgehead atoms. The first-order valence-corrected chi connectivity index (χ1v) is 8.60. The Kier molecular flexibility index (Phi) is 5.83. The molecule has 0 spiro atoms. The Morgan fingerprint density at radius 2 is 1.48 bits per heavy atom. The Balaban J connectivity index is 2.02. The van der Waals surface area contributed by atoms with Gasteiger partial charge in [0.2, 0.25) is 0 Å². The topological polar surface area (TPSA) is 6.48 Å². The lowest BCUT2D eigenvalue weighted by atomic mass is 9.94. The summed E-state index contributed by atoms with van der Waals surface area (Å²) in [6.07, 6.45) is 1.21. The van der Waals surface area contributed by atoms with E-state index < -0.39 is 0 Å². The van der Waals surface area contributed by atoms with Gasteiger partial charge in [0.1, 0.15) is 0 Å². The highest BCUT2D eigenvalue weighted by molar-refractivity contribution is 5.28. The standard InChI is InChI=1S/C19H32N2/c1-6-16(4)18-8-7-9-19(14-18)17(5)21-12-10-20(11-13-21)15(2)3/h7-9,14-17H,6,10-13H2,1-5H3/t16?,17-/m0/s1. The molecule has 0 amide bonds. The molecule has 0 radical (unpaired) electrons. The Hall–Kier alpha value is -0.860. The van der Waals surface area contributed by atoms with Crippen LogP contribution in [0.2, 0.25) is 0 Å². The molecule has 1 aliphatic heterocycles. The zero-order valence-corrected chi connectivity index (χ0v) is 14.5. The quantitative estimate of drug-likeness (QED) is 0.797. The van der Waals surface area contributed by atoms with Crippen LogP contribution in [-0.2, 0) is 0 Å². The van der Waals surface area contributed by atoms with Crippen molar-refractivity contribution in [1.82, 2.24) is 9.80 Å². The van der Waals surface area contributed by atoms with Crippen molar-refractivity contribution in [2.45, 2.75) is 59.0 Å². The summed E-state index contributed by atoms with van der Waals surface area (Å²) in [4.78, 5) is 5.22. The number of rotatable bonds is 5. The zero-order chi connectivity index (χ0) is 15.4. The lowest BCUT2D eigenvalue weighted by Crippen LogP contribution is -2.49. The van der Waals surface area contributed by atoms with E-state index in [4.69, 9.17) is 0 Å². The molecule has 0 aliphatic carbocycles. The molecular weight excluding hydrogens is 256 g/mol. The lowest BCUT2D eigenvalue weighted by Gasteiger charge is -2.40. The first-order valence-electron chi connectivity index (χ1n) is 8.60. The summed E-state index contributed by atoms with van der Waals surface area (Å²) < 4.78 is 0. The Bertz CT molecular complexity index is 433. The van der Waals surface area contributed by atoms with Gasteiger partial charge in [-0.2, -0.15) is 0 Å². The van der Waals surface area contributed by atoms with Crippen LogP contribution in [0.3, 0.4) is 0 Å². The fraction of sp³-hybridized carbons (Fsp3) is 0.684. The molecule has 1 heterocycles. The summed E-state index contributed by atoms with van der Waals surface area (Å²) in [5.41, 5.74) is 2.97. The maximum atomic E-state index is 2.63. The summed E-state index contributed by atoms with van der Waals surface area (Å²) in [6.45, 7) is 16.3. The highest BCUT2D eigenvalue weighted by atomic mass is 15.3. The van der Waals surface area contributed by atoms with Crippen LogP contribution in [0.4, 0.5) is 0 Å². The Labute approximate surface area is 131 Å². The minimum Gasteiger partial charge on any atom is -0.298 e. The average Bonchev–Trinajstić information content (AvgIpc) is 2.53. The predicted molar refractivity (Wildman–Crippen MR) is 91.8 cm³/mol. The number of piperazine rings is 1. The second-order valence-corrected chi connectivity index (χ2v) is 6.82. The highest BCUT2D eigenvalue weighted by Crippen LogP contribution is 2.26. The number of benzene rings is 1. The fourth-order valence-corrected chi connectivity index (χ4v) is 3.21. The molecular formula is C19H32N2. The normalized spacial score (nSPS) is 20.7. The van der Waals surface area contributed by atoms with E-state index in [0.717, 1.165) is 0 Å². The van der Waals surface area contributed by atoms with Gasteiger partial charge in [0.05, 0.1) is 0 Å². The zero-order valence-electron chi connectivity index (χ0n) is 14.5. The highest BCUT2D eigenvalue weighted by Gasteiger charge is 2.23. The van der Waals surface area contributed by atoms with Gasteiger partial charge in [-0.1, -0.05) is 38.1 Å². The van der Waals surface area contributed by atoms with Crippen molar-refractivity contribution in [3.63, 3.8) is 0 Å². The van der Waals surface area contributed by atoms with Crippen LogP contribution < -0.4 is 0 Å². The van der Waals surface area contributed by atoms with Gasteiger partial charge in [-0.05, 0) is 44.2 Å². The van der Waals surface area contributed by atoms with Crippen LogP contribution >= 0.6 is 0 Å². The Morgan fingerprint density at radius 3 is 2.05 bits per heavy atom. The van der Waals surface area contributed by atoms with E-state index in [2.05, 4.69) is 68.7 Å². The van der Waals surface area contributed by atoms with E-state index in [-0.39, 0.29) is 0 Å². The van der Waals surface area contributed by atoms with Crippen molar-refractivity contribution in [3.8, 4) is 0 Å². The molecule has 0 saturated carbocycles. The number of hydrogen-bond acceptors (Lipinski definition) is 2. The molecule has 21 heavy (non-hydrogen) atoms. The first kappa shape index (κ1) is 16.5. The average molecular weight is 288 g/mol. The van der Waals surface area contributed by atoms with Gasteiger partial charge in [0.25, 0.3) is 0 Å². The molecule has 1 fully saturated rings. The summed E-state index contributed by atoms with van der Waals surface area (Å²) in [7, 11) is 0. The summed E-state index contributed by atoms with van der Waals surface area (Å²) >= 11 is 0. The predicted octanol–water partition coefficient (Wildman–Crippen LogP) is 4.29. The minimum atomic E-state index is 0.531. The molecule has 1 aliphatic rings. The van der Waals surface area contributed by atoms with Gasteiger partial charge < -0.3 is 0 Å². The van der Waals surface area contributed by atoms with Crippen LogP contribution in [0, 0.1) is 0 Å². The molecule has 1 saturated heterocycles. The molecule has 1 aromatic rings. The molecule has 0 N–H and O–H groups in total. The van der Waals surface area contributed by atoms with Crippen LogP contribution in [0.1, 0.15) is 64.1 Å². The summed E-state index contributed by atoms with van der Waals surface area (Å²) in [5, 5.41) is 0. The van der Waals surface area contributed by atoms with E-state index in [1.54, 1.807) is 0 Å². The van der Waals surface area contributed by atoms with E-state index in [1.807, 2.05) is 0 Å². The smallest absolute Gasteiger partial charge is 0.0321 e. The van der Waals surface area contributed by atoms with Gasteiger partial charge in [-0.15, -0.1) is 0 Å². The van der Waals surface area contributed by atoms with Gasteiger partial charge in [-0.25, -0.2) is 0 Å². The van der Waals surface area contributed by atoms with Gasteiger partial charge in [-0.3, -0.25) is 9.80 Å². The molecule has 2 atom stereocenters. The molecule has 1 aromatic carbocycles. The first-order chi connectivity index (χ1) is 10.0. The van der Waals surface area contributed by atoms with Gasteiger partial charge >= 0.3 is 0 Å². The lowest BCUT2D eigenvalue weighted by molar-refractivity contribution is 0.0833. The molecule has 2 heteroatoms. The SMILES string of the molecule is CCC(C)c1cccc([C@H](C)N2CCN(C(C)C)CC2)c1. The van der Waals surface area contributed by atoms with Crippen LogP contribution in [0.15, 0.2) is 24.3 Å². The molecule has 1 unspecified atom stereocenters. The van der Waals surface area contributed by atoms with Crippen molar-refractivity contribution in [1.29, 1.82) is 0 Å². The van der Waals surface area contributed by atoms with Gasteiger partial charge in [0.15, 0.2) is 0 Å². The molecule has 2 rings (SSSR count). The molecule has 2 nitrogen and oxygen atoms in total. The summed E-state index contributed by atoms with van der Waals surface area (Å²) in [6, 6.07) is 10.4. The second-order valence-electron chi connectivity index (χ2n) is 6.82. The molecule has 118 valence electrons. The number of hydrogen-bond donors (Lipinski definition) is 0. The summed E-state index contributed by atoms with van der Waals surface area (Å²) in [5.74, 6) is 0.662. The Morgan fingerprint density at radius 1 is 0.905 bits per heavy atom. The van der Waals surface area contributed by atoms with E-state index in [9.17, 15) is 0 Å². The monoisotopic (exact) mass is 288 g/mol. The van der Waals surface area contributed by atoms with Crippen LogP contribution in [0.25, 0.3) is 0 Å². The van der Waals surface area contributed by atoms with E-state index in [0.29, 0.717) is 18.0 Å². The maximum Gasteiger partial charge on any atom is 0.0321 e. The van der Waals surface area contributed by atoms with Crippen molar-refractivity contribution in [2.24, 2.45) is 0 Å². The third-order valence-corrected chi connectivity index (χ3v) is 5.20. The van der Waals surface area contributed by atoms with Gasteiger partial charge in [0, 0.05) is 38.3 Å². The van der Waals surface area contributed by atoms with E-state index >= 15 is 0 Å².